The zero-order valence-electron chi connectivity index (χ0n) is 10.9. The maximum Gasteiger partial charge on any atom is 0.135 e. The molecule has 0 bridgehead atoms. The molecule has 2 rings (SSSR count). The standard InChI is InChI=1S/C13H18N6/c1-10(14)2-7-16-12-8-13(18-9-17-12)19-11-3-5-15-6-4-11/h3-6,8-10H,2,7,14H2,1H3,(H2,15,16,17,18,19). The summed E-state index contributed by atoms with van der Waals surface area (Å²) in [6.07, 6.45) is 5.88. The van der Waals surface area contributed by atoms with E-state index in [0.29, 0.717) is 0 Å². The summed E-state index contributed by atoms with van der Waals surface area (Å²) in [5.41, 5.74) is 6.64. The number of rotatable bonds is 6. The lowest BCUT2D eigenvalue weighted by molar-refractivity contribution is 0.689. The predicted molar refractivity (Wildman–Crippen MR) is 76.3 cm³/mol. The van der Waals surface area contributed by atoms with Crippen LogP contribution in [-0.2, 0) is 0 Å². The van der Waals surface area contributed by atoms with E-state index in [2.05, 4.69) is 25.6 Å². The Labute approximate surface area is 112 Å². The van der Waals surface area contributed by atoms with Gasteiger partial charge in [-0.25, -0.2) is 9.97 Å². The monoisotopic (exact) mass is 258 g/mol. The van der Waals surface area contributed by atoms with Crippen LogP contribution in [-0.4, -0.2) is 27.5 Å². The van der Waals surface area contributed by atoms with Crippen molar-refractivity contribution in [2.24, 2.45) is 5.73 Å². The molecule has 2 aromatic rings. The normalized spacial score (nSPS) is 11.9. The van der Waals surface area contributed by atoms with E-state index in [0.717, 1.165) is 30.3 Å². The van der Waals surface area contributed by atoms with Crippen LogP contribution in [0.3, 0.4) is 0 Å². The Morgan fingerprint density at radius 3 is 2.68 bits per heavy atom. The van der Waals surface area contributed by atoms with Crippen molar-refractivity contribution in [1.82, 2.24) is 15.0 Å². The largest absolute Gasteiger partial charge is 0.370 e. The molecule has 0 aliphatic rings. The molecule has 4 N–H and O–H groups in total. The van der Waals surface area contributed by atoms with E-state index in [4.69, 9.17) is 5.73 Å². The number of nitrogens with two attached hydrogens (primary N) is 1. The number of anilines is 3. The molecular weight excluding hydrogens is 240 g/mol. The Kier molecular flexibility index (Phi) is 4.63. The van der Waals surface area contributed by atoms with Gasteiger partial charge < -0.3 is 16.4 Å². The van der Waals surface area contributed by atoms with Gasteiger partial charge in [-0.2, -0.15) is 0 Å². The van der Waals surface area contributed by atoms with E-state index >= 15 is 0 Å². The fourth-order valence-electron chi connectivity index (χ4n) is 1.53. The number of nitrogens with one attached hydrogen (secondary N) is 2. The van der Waals surface area contributed by atoms with Gasteiger partial charge in [0.1, 0.15) is 18.0 Å². The molecule has 0 amide bonds. The SMILES string of the molecule is CC(N)CCNc1cc(Nc2ccncc2)ncn1. The maximum absolute atomic E-state index is 5.70. The highest BCUT2D eigenvalue weighted by Crippen LogP contribution is 2.14. The summed E-state index contributed by atoms with van der Waals surface area (Å²) < 4.78 is 0. The summed E-state index contributed by atoms with van der Waals surface area (Å²) in [6.45, 7) is 2.78. The molecule has 19 heavy (non-hydrogen) atoms. The van der Waals surface area contributed by atoms with Crippen LogP contribution in [0.2, 0.25) is 0 Å². The molecule has 2 heterocycles. The second-order valence-corrected chi connectivity index (χ2v) is 4.34. The van der Waals surface area contributed by atoms with Gasteiger partial charge in [0, 0.05) is 36.7 Å². The van der Waals surface area contributed by atoms with Crippen LogP contribution < -0.4 is 16.4 Å². The summed E-state index contributed by atoms with van der Waals surface area (Å²) in [6, 6.07) is 5.81. The molecule has 6 heteroatoms. The third kappa shape index (κ3) is 4.51. The first kappa shape index (κ1) is 13.2. The van der Waals surface area contributed by atoms with E-state index in [1.54, 1.807) is 12.4 Å². The highest BCUT2D eigenvalue weighted by Gasteiger charge is 2.00. The van der Waals surface area contributed by atoms with Crippen molar-refractivity contribution in [2.75, 3.05) is 17.2 Å². The van der Waals surface area contributed by atoms with Crippen molar-refractivity contribution in [1.29, 1.82) is 0 Å². The minimum atomic E-state index is 0.184. The lowest BCUT2D eigenvalue weighted by Crippen LogP contribution is -2.19. The van der Waals surface area contributed by atoms with Crippen LogP contribution in [0.25, 0.3) is 0 Å². The fourth-order valence-corrected chi connectivity index (χ4v) is 1.53. The van der Waals surface area contributed by atoms with Crippen LogP contribution in [0.5, 0.6) is 0 Å². The minimum absolute atomic E-state index is 0.184. The second-order valence-electron chi connectivity index (χ2n) is 4.34. The van der Waals surface area contributed by atoms with Gasteiger partial charge in [0.15, 0.2) is 0 Å². The first-order chi connectivity index (χ1) is 9.24. The Balaban J connectivity index is 1.95. The number of nitrogens with zero attached hydrogens (tertiary/aromatic N) is 3. The third-order valence-electron chi connectivity index (χ3n) is 2.53. The molecule has 100 valence electrons. The number of aromatic nitrogens is 3. The van der Waals surface area contributed by atoms with Crippen LogP contribution in [0.4, 0.5) is 17.3 Å². The van der Waals surface area contributed by atoms with Crippen LogP contribution in [0.15, 0.2) is 36.9 Å². The van der Waals surface area contributed by atoms with Crippen LogP contribution in [0.1, 0.15) is 13.3 Å². The van der Waals surface area contributed by atoms with E-state index in [1.807, 2.05) is 25.1 Å². The number of hydrogen-bond donors (Lipinski definition) is 3. The quantitative estimate of drug-likeness (QED) is 0.731. The molecule has 0 saturated heterocycles. The van der Waals surface area contributed by atoms with Crippen molar-refractivity contribution in [3.8, 4) is 0 Å². The molecule has 0 fully saturated rings. The Morgan fingerprint density at radius 2 is 1.95 bits per heavy atom. The van der Waals surface area contributed by atoms with Gasteiger partial charge in [-0.3, -0.25) is 4.98 Å². The molecule has 2 aromatic heterocycles. The van der Waals surface area contributed by atoms with E-state index in [1.165, 1.54) is 6.33 Å². The molecule has 1 unspecified atom stereocenters. The zero-order valence-corrected chi connectivity index (χ0v) is 10.9. The van der Waals surface area contributed by atoms with Crippen molar-refractivity contribution in [3.05, 3.63) is 36.9 Å². The topological polar surface area (TPSA) is 88.8 Å². The van der Waals surface area contributed by atoms with Crippen molar-refractivity contribution >= 4 is 17.3 Å². The first-order valence-electron chi connectivity index (χ1n) is 6.22. The molecule has 6 nitrogen and oxygen atoms in total. The summed E-state index contributed by atoms with van der Waals surface area (Å²) in [7, 11) is 0. The molecule has 1 atom stereocenters. The van der Waals surface area contributed by atoms with Gasteiger partial charge in [-0.15, -0.1) is 0 Å². The Hall–Kier alpha value is -2.21. The fraction of sp³-hybridized carbons (Fsp3) is 0.308. The molecule has 0 spiro atoms. The third-order valence-corrected chi connectivity index (χ3v) is 2.53. The molecule has 0 aliphatic heterocycles. The zero-order chi connectivity index (χ0) is 13.5. The van der Waals surface area contributed by atoms with Gasteiger partial charge in [0.25, 0.3) is 0 Å². The van der Waals surface area contributed by atoms with Crippen LogP contribution >= 0.6 is 0 Å². The smallest absolute Gasteiger partial charge is 0.135 e. The van der Waals surface area contributed by atoms with Gasteiger partial charge in [-0.1, -0.05) is 0 Å². The predicted octanol–water partition coefficient (Wildman–Crippen LogP) is 1.76. The van der Waals surface area contributed by atoms with Gasteiger partial charge in [0.05, 0.1) is 0 Å². The Morgan fingerprint density at radius 1 is 1.21 bits per heavy atom. The molecule has 0 aromatic carbocycles. The maximum atomic E-state index is 5.70. The van der Waals surface area contributed by atoms with Crippen LogP contribution in [0, 0.1) is 0 Å². The van der Waals surface area contributed by atoms with Crippen molar-refractivity contribution in [2.45, 2.75) is 19.4 Å². The highest BCUT2D eigenvalue weighted by molar-refractivity contribution is 5.57. The lowest BCUT2D eigenvalue weighted by atomic mass is 10.2. The van der Waals surface area contributed by atoms with E-state index < -0.39 is 0 Å². The lowest BCUT2D eigenvalue weighted by Gasteiger charge is -2.09. The molecule has 0 aliphatic carbocycles. The molecular formula is C13H18N6. The van der Waals surface area contributed by atoms with E-state index in [-0.39, 0.29) is 6.04 Å². The van der Waals surface area contributed by atoms with E-state index in [9.17, 15) is 0 Å². The molecule has 0 radical (unpaired) electrons. The summed E-state index contributed by atoms with van der Waals surface area (Å²) >= 11 is 0. The van der Waals surface area contributed by atoms with Gasteiger partial charge in [-0.05, 0) is 25.5 Å². The summed E-state index contributed by atoms with van der Waals surface area (Å²) in [5.74, 6) is 1.52. The number of pyridine rings is 1. The number of hydrogen-bond acceptors (Lipinski definition) is 6. The van der Waals surface area contributed by atoms with Gasteiger partial charge >= 0.3 is 0 Å². The highest BCUT2D eigenvalue weighted by atomic mass is 15.1. The minimum Gasteiger partial charge on any atom is -0.370 e. The average Bonchev–Trinajstić information content (AvgIpc) is 2.40. The average molecular weight is 258 g/mol. The summed E-state index contributed by atoms with van der Waals surface area (Å²) in [4.78, 5) is 12.3. The summed E-state index contributed by atoms with van der Waals surface area (Å²) in [5, 5.41) is 6.41. The van der Waals surface area contributed by atoms with Crippen molar-refractivity contribution in [3.63, 3.8) is 0 Å². The first-order valence-corrected chi connectivity index (χ1v) is 6.22. The molecule has 0 saturated carbocycles. The second kappa shape index (κ2) is 6.65. The van der Waals surface area contributed by atoms with Crippen molar-refractivity contribution < 1.29 is 0 Å². The van der Waals surface area contributed by atoms with Gasteiger partial charge in [0.2, 0.25) is 0 Å². The Bertz CT molecular complexity index is 499.